The average molecular weight is 433 g/mol. The zero-order valence-corrected chi connectivity index (χ0v) is 17.0. The fraction of sp³-hybridized carbons (Fsp3) is 0.429. The molecule has 2 atom stereocenters. The van der Waals surface area contributed by atoms with E-state index >= 15 is 0 Å². The molecule has 2 aliphatic carbocycles. The van der Waals surface area contributed by atoms with Crippen molar-refractivity contribution in [2.75, 3.05) is 29.9 Å². The first-order valence-electron chi connectivity index (χ1n) is 10.1. The minimum atomic E-state index is -3.08. The molecule has 1 N–H and O–H groups in total. The van der Waals surface area contributed by atoms with Crippen molar-refractivity contribution >= 4 is 27.2 Å². The van der Waals surface area contributed by atoms with Crippen LogP contribution in [0.5, 0.6) is 0 Å². The van der Waals surface area contributed by atoms with E-state index in [1.807, 2.05) is 0 Å². The molecule has 2 unspecified atom stereocenters. The number of benzene rings is 1. The van der Waals surface area contributed by atoms with Crippen molar-refractivity contribution in [1.82, 2.24) is 9.88 Å². The summed E-state index contributed by atoms with van der Waals surface area (Å²) in [6.07, 6.45) is 4.49. The van der Waals surface area contributed by atoms with Crippen LogP contribution in [0, 0.1) is 11.6 Å². The lowest BCUT2D eigenvalue weighted by Gasteiger charge is -2.29. The molecule has 6 nitrogen and oxygen atoms in total. The van der Waals surface area contributed by atoms with Gasteiger partial charge < -0.3 is 10.2 Å². The van der Waals surface area contributed by atoms with Crippen molar-refractivity contribution in [3.05, 3.63) is 52.7 Å². The number of nitrogens with one attached hydrogen (secondary N) is 1. The zero-order chi connectivity index (χ0) is 21.0. The molecular weight excluding hydrogens is 412 g/mol. The van der Waals surface area contributed by atoms with Gasteiger partial charge in [-0.1, -0.05) is 0 Å². The molecule has 1 saturated carbocycles. The number of halogens is 2. The predicted octanol–water partition coefficient (Wildman–Crippen LogP) is 3.34. The first-order chi connectivity index (χ1) is 14.3. The summed E-state index contributed by atoms with van der Waals surface area (Å²) in [6, 6.07) is 3.60. The summed E-state index contributed by atoms with van der Waals surface area (Å²) in [6.45, 7) is 0.387. The van der Waals surface area contributed by atoms with Crippen molar-refractivity contribution in [1.29, 1.82) is 0 Å². The molecule has 1 aromatic heterocycles. The van der Waals surface area contributed by atoms with E-state index in [2.05, 4.69) is 10.3 Å². The monoisotopic (exact) mass is 433 g/mol. The van der Waals surface area contributed by atoms with Crippen molar-refractivity contribution in [3.63, 3.8) is 0 Å². The van der Waals surface area contributed by atoms with Crippen LogP contribution in [0.1, 0.15) is 52.6 Å². The highest BCUT2D eigenvalue weighted by Crippen LogP contribution is 2.56. The van der Waals surface area contributed by atoms with Crippen LogP contribution in [-0.4, -0.2) is 48.8 Å². The number of sulfone groups is 1. The number of hydrogen-bond acceptors (Lipinski definition) is 5. The van der Waals surface area contributed by atoms with Gasteiger partial charge in [0.2, 0.25) is 0 Å². The molecule has 2 aromatic rings. The second-order valence-corrected chi connectivity index (χ2v) is 10.6. The smallest absolute Gasteiger partial charge is 0.255 e. The minimum Gasteiger partial charge on any atom is -0.340 e. The fourth-order valence-corrected chi connectivity index (χ4v) is 6.17. The molecule has 5 rings (SSSR count). The van der Waals surface area contributed by atoms with Gasteiger partial charge in [-0.15, -0.1) is 0 Å². The first kappa shape index (κ1) is 19.4. The van der Waals surface area contributed by atoms with E-state index in [-0.39, 0.29) is 42.3 Å². The molecule has 9 heteroatoms. The quantitative estimate of drug-likeness (QED) is 0.803. The van der Waals surface area contributed by atoms with Crippen LogP contribution in [0.3, 0.4) is 0 Å². The summed E-state index contributed by atoms with van der Waals surface area (Å²) < 4.78 is 50.3. The van der Waals surface area contributed by atoms with Gasteiger partial charge in [0.25, 0.3) is 5.91 Å². The number of pyridine rings is 1. The lowest BCUT2D eigenvalue weighted by molar-refractivity contribution is 0.0768. The summed E-state index contributed by atoms with van der Waals surface area (Å²) >= 11 is 0. The standard InChI is InChI=1S/C21H21F2N3O3S/c22-16-4-3-14(10-17(16)23)25-20-19-13-2-1-12(9-13)18(19)15(11-24-20)21(27)26-5-7-30(28,29)8-6-26/h3-4,10-13H,1-2,5-9H2,(H,24,25). The normalized spacial score (nSPS) is 24.0. The highest BCUT2D eigenvalue weighted by Gasteiger charge is 2.42. The number of hydrogen-bond donors (Lipinski definition) is 1. The van der Waals surface area contributed by atoms with Gasteiger partial charge in [0.15, 0.2) is 21.5 Å². The average Bonchev–Trinajstić information content (AvgIpc) is 3.33. The third kappa shape index (κ3) is 3.25. The number of aromatic nitrogens is 1. The zero-order valence-electron chi connectivity index (χ0n) is 16.2. The van der Waals surface area contributed by atoms with E-state index in [1.165, 1.54) is 12.3 Å². The van der Waals surface area contributed by atoms with Crippen LogP contribution in [0.4, 0.5) is 20.3 Å². The maximum atomic E-state index is 13.6. The van der Waals surface area contributed by atoms with E-state index in [0.717, 1.165) is 42.5 Å². The molecule has 3 aliphatic rings. The number of anilines is 2. The summed E-state index contributed by atoms with van der Waals surface area (Å²) in [5.74, 6) is -0.952. The molecule has 1 saturated heterocycles. The maximum absolute atomic E-state index is 13.6. The van der Waals surface area contributed by atoms with Gasteiger partial charge in [-0.2, -0.15) is 0 Å². The van der Waals surface area contributed by atoms with Gasteiger partial charge in [-0.05, 0) is 48.8 Å². The number of carbonyl (C=O) groups excluding carboxylic acids is 1. The Labute approximate surface area is 173 Å². The van der Waals surface area contributed by atoms with Gasteiger partial charge in [0.05, 0.1) is 17.1 Å². The highest BCUT2D eigenvalue weighted by atomic mass is 32.2. The van der Waals surface area contributed by atoms with E-state index in [1.54, 1.807) is 4.90 Å². The molecule has 1 aliphatic heterocycles. The molecule has 2 heterocycles. The molecule has 2 fully saturated rings. The largest absolute Gasteiger partial charge is 0.340 e. The van der Waals surface area contributed by atoms with E-state index < -0.39 is 21.5 Å². The second-order valence-electron chi connectivity index (χ2n) is 8.25. The molecule has 1 aromatic carbocycles. The summed E-state index contributed by atoms with van der Waals surface area (Å²) in [7, 11) is -3.08. The molecule has 1 amide bonds. The van der Waals surface area contributed by atoms with Crippen LogP contribution in [0.2, 0.25) is 0 Å². The number of fused-ring (bicyclic) bond motifs is 5. The Bertz CT molecular complexity index is 1140. The van der Waals surface area contributed by atoms with Gasteiger partial charge in [0, 0.05) is 36.6 Å². The topological polar surface area (TPSA) is 79.4 Å². The SMILES string of the molecule is O=C(c1cnc(Nc2ccc(F)c(F)c2)c2c1C1CCC2C1)N1CCS(=O)(=O)CC1. The Hall–Kier alpha value is -2.55. The molecule has 158 valence electrons. The lowest BCUT2D eigenvalue weighted by Crippen LogP contribution is -2.44. The van der Waals surface area contributed by atoms with Crippen LogP contribution < -0.4 is 5.32 Å². The Morgan fingerprint density at radius 1 is 1.07 bits per heavy atom. The van der Waals surface area contributed by atoms with E-state index in [0.29, 0.717) is 17.1 Å². The Morgan fingerprint density at radius 3 is 2.47 bits per heavy atom. The third-order valence-electron chi connectivity index (χ3n) is 6.45. The summed E-state index contributed by atoms with van der Waals surface area (Å²) in [5.41, 5.74) is 2.88. The number of nitrogens with zero attached hydrogens (tertiary/aromatic N) is 2. The second kappa shape index (κ2) is 7.01. The van der Waals surface area contributed by atoms with E-state index in [4.69, 9.17) is 0 Å². The fourth-order valence-electron chi connectivity index (χ4n) is 4.97. The van der Waals surface area contributed by atoms with Gasteiger partial charge in [0.1, 0.15) is 5.82 Å². The number of rotatable bonds is 3. The van der Waals surface area contributed by atoms with Crippen LogP contribution in [0.25, 0.3) is 0 Å². The number of amides is 1. The van der Waals surface area contributed by atoms with Gasteiger partial charge in [-0.25, -0.2) is 22.2 Å². The lowest BCUT2D eigenvalue weighted by atomic mass is 9.88. The summed E-state index contributed by atoms with van der Waals surface area (Å²) in [5, 5.41) is 3.09. The molecular formula is C21H21F2N3O3S. The van der Waals surface area contributed by atoms with Crippen LogP contribution in [0.15, 0.2) is 24.4 Å². The third-order valence-corrected chi connectivity index (χ3v) is 8.06. The Balaban J connectivity index is 1.49. The van der Waals surface area contributed by atoms with Gasteiger partial charge in [-0.3, -0.25) is 4.79 Å². The number of carbonyl (C=O) groups is 1. The predicted molar refractivity (Wildman–Crippen MR) is 108 cm³/mol. The molecule has 30 heavy (non-hydrogen) atoms. The van der Waals surface area contributed by atoms with Crippen molar-refractivity contribution in [2.45, 2.75) is 31.1 Å². The van der Waals surface area contributed by atoms with Crippen LogP contribution >= 0.6 is 0 Å². The molecule has 0 radical (unpaired) electrons. The van der Waals surface area contributed by atoms with Crippen molar-refractivity contribution in [3.8, 4) is 0 Å². The van der Waals surface area contributed by atoms with E-state index in [9.17, 15) is 22.0 Å². The van der Waals surface area contributed by atoms with Crippen molar-refractivity contribution in [2.24, 2.45) is 0 Å². The Morgan fingerprint density at radius 2 is 1.77 bits per heavy atom. The molecule has 0 spiro atoms. The Kier molecular flexibility index (Phi) is 4.53. The first-order valence-corrected chi connectivity index (χ1v) is 11.9. The highest BCUT2D eigenvalue weighted by molar-refractivity contribution is 7.91. The minimum absolute atomic E-state index is 0.0177. The summed E-state index contributed by atoms with van der Waals surface area (Å²) in [4.78, 5) is 19.2. The van der Waals surface area contributed by atoms with Crippen LogP contribution in [-0.2, 0) is 9.84 Å². The maximum Gasteiger partial charge on any atom is 0.255 e. The van der Waals surface area contributed by atoms with Gasteiger partial charge >= 0.3 is 0 Å². The van der Waals surface area contributed by atoms with Crippen molar-refractivity contribution < 1.29 is 22.0 Å². The molecule has 2 bridgehead atoms.